The fourth-order valence-corrected chi connectivity index (χ4v) is 3.04. The Labute approximate surface area is 164 Å². The largest absolute Gasteiger partial charge is 0.478 e. The normalized spacial score (nSPS) is 16.0. The van der Waals surface area contributed by atoms with E-state index in [1.54, 1.807) is 19.1 Å². The number of anilines is 2. The van der Waals surface area contributed by atoms with Crippen molar-refractivity contribution in [3.05, 3.63) is 41.5 Å². The quantitative estimate of drug-likeness (QED) is 0.850. The summed E-state index contributed by atoms with van der Waals surface area (Å²) in [5.74, 6) is -0.170. The zero-order chi connectivity index (χ0) is 20.3. The number of nitrogens with zero attached hydrogens (tertiary/aromatic N) is 4. The number of halogens is 1. The molecule has 0 saturated carbocycles. The molecular formula is C20H26FN5O2. The maximum Gasteiger partial charge on any atom is 0.265 e. The maximum absolute atomic E-state index is 13.7. The number of nitrogens with one attached hydrogen (secondary N) is 1. The molecule has 1 aliphatic heterocycles. The highest BCUT2D eigenvalue weighted by molar-refractivity contribution is 5.95. The molecule has 28 heavy (non-hydrogen) atoms. The Bertz CT molecular complexity index is 829. The number of likely N-dealkylation sites (N-methyl/N-ethyl adjacent to an activating group) is 1. The van der Waals surface area contributed by atoms with Gasteiger partial charge in [-0.15, -0.1) is 0 Å². The van der Waals surface area contributed by atoms with Gasteiger partial charge in [0.05, 0.1) is 17.1 Å². The lowest BCUT2D eigenvalue weighted by Crippen LogP contribution is -2.45. The molecular weight excluding hydrogens is 361 g/mol. The predicted octanol–water partition coefficient (Wildman–Crippen LogP) is 2.39. The monoisotopic (exact) mass is 387 g/mol. The summed E-state index contributed by atoms with van der Waals surface area (Å²) < 4.78 is 19.2. The summed E-state index contributed by atoms with van der Waals surface area (Å²) in [6.07, 6.45) is -0.868. The van der Waals surface area contributed by atoms with Crippen molar-refractivity contribution in [2.75, 3.05) is 43.4 Å². The third-order valence-corrected chi connectivity index (χ3v) is 4.80. The van der Waals surface area contributed by atoms with Crippen molar-refractivity contribution in [1.82, 2.24) is 14.9 Å². The molecule has 2 aromatic rings. The Morgan fingerprint density at radius 3 is 2.36 bits per heavy atom. The van der Waals surface area contributed by atoms with Gasteiger partial charge >= 0.3 is 0 Å². The van der Waals surface area contributed by atoms with E-state index in [1.807, 2.05) is 13.8 Å². The van der Waals surface area contributed by atoms with E-state index in [1.165, 1.54) is 12.1 Å². The number of piperazine rings is 1. The fraction of sp³-hybridized carbons (Fsp3) is 0.450. The van der Waals surface area contributed by atoms with Gasteiger partial charge in [0, 0.05) is 26.2 Å². The minimum absolute atomic E-state index is 0.0419. The highest BCUT2D eigenvalue weighted by atomic mass is 19.1. The molecule has 1 N–H and O–H groups in total. The summed E-state index contributed by atoms with van der Waals surface area (Å²) in [4.78, 5) is 26.1. The molecule has 1 fully saturated rings. The summed E-state index contributed by atoms with van der Waals surface area (Å²) in [6.45, 7) is 8.92. The van der Waals surface area contributed by atoms with E-state index < -0.39 is 11.9 Å². The van der Waals surface area contributed by atoms with Crippen molar-refractivity contribution in [3.8, 4) is 5.75 Å². The number of aromatic nitrogens is 2. The second kappa shape index (κ2) is 8.52. The molecule has 0 spiro atoms. The van der Waals surface area contributed by atoms with E-state index in [0.717, 1.165) is 26.2 Å². The first kappa shape index (κ1) is 20.0. The fourth-order valence-electron chi connectivity index (χ4n) is 3.04. The minimum Gasteiger partial charge on any atom is -0.478 e. The van der Waals surface area contributed by atoms with Crippen LogP contribution in [0.3, 0.4) is 0 Å². The molecule has 0 bridgehead atoms. The Hall–Kier alpha value is -2.74. The van der Waals surface area contributed by atoms with Crippen molar-refractivity contribution in [1.29, 1.82) is 0 Å². The lowest BCUT2D eigenvalue weighted by Gasteiger charge is -2.32. The number of carbonyl (C=O) groups is 1. The van der Waals surface area contributed by atoms with Gasteiger partial charge in [-0.05, 0) is 40.0 Å². The molecule has 0 aliphatic carbocycles. The number of benzene rings is 1. The second-order valence-corrected chi connectivity index (χ2v) is 7.04. The first-order chi connectivity index (χ1) is 13.3. The number of rotatable bonds is 5. The Morgan fingerprint density at radius 1 is 1.14 bits per heavy atom. The molecule has 2 heterocycles. The summed E-state index contributed by atoms with van der Waals surface area (Å²) in [6, 6.07) is 6.00. The number of carbonyl (C=O) groups excluding carboxylic acids is 1. The molecule has 1 saturated heterocycles. The van der Waals surface area contributed by atoms with Crippen molar-refractivity contribution in [2.24, 2.45) is 0 Å². The summed E-state index contributed by atoms with van der Waals surface area (Å²) in [7, 11) is 2.10. The number of amides is 1. The van der Waals surface area contributed by atoms with Crippen LogP contribution in [0.25, 0.3) is 0 Å². The summed E-state index contributed by atoms with van der Waals surface area (Å²) >= 11 is 0. The van der Waals surface area contributed by atoms with Crippen LogP contribution in [0, 0.1) is 19.7 Å². The molecule has 1 aromatic carbocycles. The standard InChI is InChI=1S/C20H26FN5O2/c1-13-18(14(2)23-20(22-13)26-11-9-25(4)10-12-26)24-19(27)15(3)28-17-8-6-5-7-16(17)21/h5-8,15H,9-12H2,1-4H3,(H,24,27). The zero-order valence-corrected chi connectivity index (χ0v) is 16.7. The minimum atomic E-state index is -0.868. The number of aryl methyl sites for hydroxylation is 2. The molecule has 150 valence electrons. The van der Waals surface area contributed by atoms with Gasteiger partial charge in [-0.2, -0.15) is 0 Å². The van der Waals surface area contributed by atoms with Crippen LogP contribution in [0.1, 0.15) is 18.3 Å². The Balaban J connectivity index is 1.69. The first-order valence-electron chi connectivity index (χ1n) is 9.36. The van der Waals surface area contributed by atoms with Crippen LogP contribution in [-0.4, -0.2) is 60.1 Å². The number of ether oxygens (including phenoxy) is 1. The number of hydrogen-bond acceptors (Lipinski definition) is 6. The topological polar surface area (TPSA) is 70.6 Å². The van der Waals surface area contributed by atoms with Crippen molar-refractivity contribution >= 4 is 17.5 Å². The van der Waals surface area contributed by atoms with Crippen LogP contribution in [0.15, 0.2) is 24.3 Å². The lowest BCUT2D eigenvalue weighted by atomic mass is 10.2. The van der Waals surface area contributed by atoms with Gasteiger partial charge in [-0.3, -0.25) is 4.79 Å². The molecule has 1 atom stereocenters. The average Bonchev–Trinajstić information content (AvgIpc) is 2.66. The van der Waals surface area contributed by atoms with Gasteiger partial charge in [0.1, 0.15) is 0 Å². The maximum atomic E-state index is 13.7. The van der Waals surface area contributed by atoms with Crippen LogP contribution in [0.4, 0.5) is 16.0 Å². The highest BCUT2D eigenvalue weighted by Crippen LogP contribution is 2.22. The SMILES string of the molecule is Cc1nc(N2CCN(C)CC2)nc(C)c1NC(=O)C(C)Oc1ccccc1F. The van der Waals surface area contributed by atoms with Gasteiger partial charge < -0.3 is 19.9 Å². The molecule has 1 aromatic heterocycles. The predicted molar refractivity (Wildman–Crippen MR) is 106 cm³/mol. The summed E-state index contributed by atoms with van der Waals surface area (Å²) in [5, 5.41) is 2.82. The zero-order valence-electron chi connectivity index (χ0n) is 16.7. The lowest BCUT2D eigenvalue weighted by molar-refractivity contribution is -0.122. The Morgan fingerprint density at radius 2 is 1.75 bits per heavy atom. The summed E-state index contributed by atoms with van der Waals surface area (Å²) in [5.41, 5.74) is 1.94. The molecule has 8 heteroatoms. The van der Waals surface area contributed by atoms with Gasteiger partial charge in [-0.25, -0.2) is 14.4 Å². The van der Waals surface area contributed by atoms with E-state index in [4.69, 9.17) is 4.74 Å². The number of hydrogen-bond donors (Lipinski definition) is 1. The van der Waals surface area contributed by atoms with Gasteiger partial charge in [0.15, 0.2) is 17.7 Å². The third kappa shape index (κ3) is 4.56. The molecule has 1 amide bonds. The first-order valence-corrected chi connectivity index (χ1v) is 9.36. The van der Waals surface area contributed by atoms with Crippen LogP contribution < -0.4 is 15.0 Å². The van der Waals surface area contributed by atoms with Crippen molar-refractivity contribution in [3.63, 3.8) is 0 Å². The van der Waals surface area contributed by atoms with Crippen LogP contribution in [0.2, 0.25) is 0 Å². The van der Waals surface area contributed by atoms with E-state index in [2.05, 4.69) is 32.1 Å². The van der Waals surface area contributed by atoms with E-state index >= 15 is 0 Å². The smallest absolute Gasteiger partial charge is 0.265 e. The van der Waals surface area contributed by atoms with E-state index in [-0.39, 0.29) is 11.7 Å². The molecule has 0 radical (unpaired) electrons. The van der Waals surface area contributed by atoms with Crippen molar-refractivity contribution in [2.45, 2.75) is 26.9 Å². The third-order valence-electron chi connectivity index (χ3n) is 4.80. The van der Waals surface area contributed by atoms with Crippen LogP contribution in [0.5, 0.6) is 5.75 Å². The van der Waals surface area contributed by atoms with Gasteiger partial charge in [-0.1, -0.05) is 12.1 Å². The van der Waals surface area contributed by atoms with Gasteiger partial charge in [0.25, 0.3) is 5.91 Å². The second-order valence-electron chi connectivity index (χ2n) is 7.04. The molecule has 3 rings (SSSR count). The van der Waals surface area contributed by atoms with E-state index in [0.29, 0.717) is 23.0 Å². The van der Waals surface area contributed by atoms with Crippen molar-refractivity contribution < 1.29 is 13.9 Å². The molecule has 7 nitrogen and oxygen atoms in total. The Kier molecular flexibility index (Phi) is 6.08. The average molecular weight is 387 g/mol. The van der Waals surface area contributed by atoms with Gasteiger partial charge in [0.2, 0.25) is 5.95 Å². The molecule has 1 unspecified atom stereocenters. The molecule has 1 aliphatic rings. The highest BCUT2D eigenvalue weighted by Gasteiger charge is 2.22. The van der Waals surface area contributed by atoms with Crippen LogP contribution in [-0.2, 0) is 4.79 Å². The van der Waals surface area contributed by atoms with E-state index in [9.17, 15) is 9.18 Å². The number of para-hydroxylation sites is 1. The van der Waals surface area contributed by atoms with Crippen LogP contribution >= 0.6 is 0 Å².